The molecule has 1 aliphatic rings. The molecular formula is C25H25ClN2O. The van der Waals surface area contributed by atoms with Crippen molar-refractivity contribution in [3.63, 3.8) is 0 Å². The molecule has 2 aromatic carbocycles. The first-order valence-electron chi connectivity index (χ1n) is 9.81. The Balaban J connectivity index is 1.90. The normalized spacial score (nSPS) is 18.8. The first-order valence-corrected chi connectivity index (χ1v) is 10.2. The number of benzene rings is 2. The van der Waals surface area contributed by atoms with Crippen molar-refractivity contribution >= 4 is 29.0 Å². The lowest BCUT2D eigenvalue weighted by atomic mass is 9.76. The van der Waals surface area contributed by atoms with E-state index in [-0.39, 0.29) is 11.3 Å². The van der Waals surface area contributed by atoms with E-state index < -0.39 is 5.41 Å². The molecule has 29 heavy (non-hydrogen) atoms. The zero-order valence-electron chi connectivity index (χ0n) is 17.5. The topological polar surface area (TPSA) is 33.2 Å². The molecule has 0 saturated carbocycles. The van der Waals surface area contributed by atoms with Crippen molar-refractivity contribution in [2.45, 2.75) is 45.4 Å². The summed E-state index contributed by atoms with van der Waals surface area (Å²) < 4.78 is 0. The highest BCUT2D eigenvalue weighted by molar-refractivity contribution is 6.31. The summed E-state index contributed by atoms with van der Waals surface area (Å²) in [6.07, 6.45) is 0. The molecule has 0 spiro atoms. The van der Waals surface area contributed by atoms with E-state index in [1.807, 2.05) is 50.2 Å². The predicted octanol–water partition coefficient (Wildman–Crippen LogP) is 6.33. The molecule has 4 rings (SSSR count). The summed E-state index contributed by atoms with van der Waals surface area (Å²) in [5, 5.41) is 0.619. The van der Waals surface area contributed by atoms with E-state index in [1.54, 1.807) is 4.90 Å². The van der Waals surface area contributed by atoms with Crippen molar-refractivity contribution in [3.8, 4) is 0 Å². The molecule has 4 heteroatoms. The molecule has 0 radical (unpaired) electrons. The third kappa shape index (κ3) is 3.14. The molecule has 3 nitrogen and oxygen atoms in total. The molecule has 1 unspecified atom stereocenters. The second-order valence-corrected chi connectivity index (χ2v) is 9.33. The zero-order chi connectivity index (χ0) is 21.0. The maximum atomic E-state index is 13.8. The van der Waals surface area contributed by atoms with Gasteiger partial charge in [0.1, 0.15) is 5.82 Å². The SMILES string of the molecule is Cc1cccc(N2C(=O)C(C)(c3ccc(C(C)(C)C)cc3)c3cc(Cl)ccc32)n1. The van der Waals surface area contributed by atoms with Crippen molar-refractivity contribution in [1.82, 2.24) is 4.98 Å². The Kier molecular flexibility index (Phi) is 4.54. The third-order valence-electron chi connectivity index (χ3n) is 5.80. The molecule has 0 saturated heterocycles. The molecule has 148 valence electrons. The van der Waals surface area contributed by atoms with Crippen molar-refractivity contribution in [1.29, 1.82) is 0 Å². The molecule has 0 aliphatic carbocycles. The van der Waals surface area contributed by atoms with Gasteiger partial charge in [-0.2, -0.15) is 0 Å². The third-order valence-corrected chi connectivity index (χ3v) is 6.04. The monoisotopic (exact) mass is 404 g/mol. The summed E-state index contributed by atoms with van der Waals surface area (Å²) in [5.41, 5.74) is 4.02. The van der Waals surface area contributed by atoms with Crippen molar-refractivity contribution in [2.24, 2.45) is 0 Å². The van der Waals surface area contributed by atoms with Gasteiger partial charge in [0.2, 0.25) is 5.91 Å². The summed E-state index contributed by atoms with van der Waals surface area (Å²) in [4.78, 5) is 20.2. The average molecular weight is 405 g/mol. The largest absolute Gasteiger partial charge is 0.273 e. The Bertz CT molecular complexity index is 1100. The molecule has 1 amide bonds. The molecule has 1 aromatic heterocycles. The number of pyridine rings is 1. The molecule has 0 N–H and O–H groups in total. The van der Waals surface area contributed by atoms with Gasteiger partial charge in [-0.15, -0.1) is 0 Å². The van der Waals surface area contributed by atoms with Crippen LogP contribution in [0.15, 0.2) is 60.7 Å². The molecule has 1 aliphatic heterocycles. The van der Waals surface area contributed by atoms with Crippen LogP contribution in [0.2, 0.25) is 5.02 Å². The summed E-state index contributed by atoms with van der Waals surface area (Å²) in [7, 11) is 0. The molecule has 2 heterocycles. The van der Waals surface area contributed by atoms with Gasteiger partial charge in [0.05, 0.1) is 11.1 Å². The number of hydrogen-bond donors (Lipinski definition) is 0. The van der Waals surface area contributed by atoms with Crippen LogP contribution in [-0.4, -0.2) is 10.9 Å². The highest BCUT2D eigenvalue weighted by atomic mass is 35.5. The van der Waals surface area contributed by atoms with Gasteiger partial charge in [-0.3, -0.25) is 9.69 Å². The van der Waals surface area contributed by atoms with Gasteiger partial charge < -0.3 is 0 Å². The summed E-state index contributed by atoms with van der Waals surface area (Å²) in [6.45, 7) is 10.5. The number of aromatic nitrogens is 1. The van der Waals surface area contributed by atoms with Crippen molar-refractivity contribution < 1.29 is 4.79 Å². The Morgan fingerprint density at radius 3 is 2.31 bits per heavy atom. The van der Waals surface area contributed by atoms with Crippen LogP contribution in [0.3, 0.4) is 0 Å². The van der Waals surface area contributed by atoms with E-state index in [0.29, 0.717) is 10.8 Å². The van der Waals surface area contributed by atoms with Gasteiger partial charge in [-0.1, -0.05) is 62.7 Å². The van der Waals surface area contributed by atoms with Gasteiger partial charge in [0.25, 0.3) is 0 Å². The fourth-order valence-corrected chi connectivity index (χ4v) is 4.19. The highest BCUT2D eigenvalue weighted by Gasteiger charge is 2.49. The minimum absolute atomic E-state index is 0.0172. The van der Waals surface area contributed by atoms with Crippen LogP contribution in [0.1, 0.15) is 50.1 Å². The summed E-state index contributed by atoms with van der Waals surface area (Å²) >= 11 is 6.34. The number of carbonyl (C=O) groups excluding carboxylic acids is 1. The number of hydrogen-bond acceptors (Lipinski definition) is 2. The van der Waals surface area contributed by atoms with Crippen LogP contribution >= 0.6 is 11.6 Å². The van der Waals surface area contributed by atoms with E-state index >= 15 is 0 Å². The Morgan fingerprint density at radius 1 is 1.00 bits per heavy atom. The minimum atomic E-state index is -0.831. The standard InChI is InChI=1S/C25H25ClN2O/c1-16-7-6-8-22(27-16)28-21-14-13-19(26)15-20(21)25(5,23(28)29)18-11-9-17(10-12-18)24(2,3)4/h6-15H,1-5H3. The lowest BCUT2D eigenvalue weighted by molar-refractivity contribution is -0.120. The van der Waals surface area contributed by atoms with Crippen LogP contribution in [0.5, 0.6) is 0 Å². The number of amides is 1. The van der Waals surface area contributed by atoms with Gasteiger partial charge in [0.15, 0.2) is 0 Å². The smallest absolute Gasteiger partial charge is 0.247 e. The number of anilines is 2. The summed E-state index contributed by atoms with van der Waals surface area (Å²) in [5.74, 6) is 0.616. The maximum absolute atomic E-state index is 13.8. The van der Waals surface area contributed by atoms with Crippen LogP contribution in [0.25, 0.3) is 0 Å². The number of nitrogens with zero attached hydrogens (tertiary/aromatic N) is 2. The quantitative estimate of drug-likeness (QED) is 0.500. The second kappa shape index (κ2) is 6.70. The van der Waals surface area contributed by atoms with Crippen LogP contribution in [0, 0.1) is 6.92 Å². The minimum Gasteiger partial charge on any atom is -0.273 e. The fraction of sp³-hybridized carbons (Fsp3) is 0.280. The molecule has 0 bridgehead atoms. The van der Waals surface area contributed by atoms with Gasteiger partial charge in [0, 0.05) is 10.7 Å². The molecular weight excluding hydrogens is 380 g/mol. The second-order valence-electron chi connectivity index (χ2n) is 8.89. The number of fused-ring (bicyclic) bond motifs is 1. The Hall–Kier alpha value is -2.65. The van der Waals surface area contributed by atoms with E-state index in [1.165, 1.54) is 5.56 Å². The first-order chi connectivity index (χ1) is 13.6. The van der Waals surface area contributed by atoms with Crippen molar-refractivity contribution in [3.05, 3.63) is 88.1 Å². The number of halogens is 1. The van der Waals surface area contributed by atoms with E-state index in [2.05, 4.69) is 50.0 Å². The Labute approximate surface area is 177 Å². The molecule has 1 atom stereocenters. The van der Waals surface area contributed by atoms with Crippen LogP contribution in [-0.2, 0) is 15.6 Å². The number of carbonyl (C=O) groups is 1. The van der Waals surface area contributed by atoms with Gasteiger partial charge >= 0.3 is 0 Å². The van der Waals surface area contributed by atoms with Crippen LogP contribution in [0.4, 0.5) is 11.5 Å². The molecule has 3 aromatic rings. The first kappa shape index (κ1) is 19.7. The summed E-state index contributed by atoms with van der Waals surface area (Å²) in [6, 6.07) is 19.7. The molecule has 0 fully saturated rings. The van der Waals surface area contributed by atoms with E-state index in [4.69, 9.17) is 11.6 Å². The maximum Gasteiger partial charge on any atom is 0.247 e. The predicted molar refractivity (Wildman–Crippen MR) is 119 cm³/mol. The average Bonchev–Trinajstić information content (AvgIpc) is 2.89. The zero-order valence-corrected chi connectivity index (χ0v) is 18.2. The Morgan fingerprint density at radius 2 is 1.69 bits per heavy atom. The van der Waals surface area contributed by atoms with E-state index in [9.17, 15) is 4.79 Å². The van der Waals surface area contributed by atoms with Crippen LogP contribution < -0.4 is 4.90 Å². The van der Waals surface area contributed by atoms with Gasteiger partial charge in [-0.25, -0.2) is 4.98 Å². The fourth-order valence-electron chi connectivity index (χ4n) is 4.02. The van der Waals surface area contributed by atoms with Gasteiger partial charge in [-0.05, 0) is 66.3 Å². The van der Waals surface area contributed by atoms with E-state index in [0.717, 1.165) is 22.5 Å². The lowest BCUT2D eigenvalue weighted by Gasteiger charge is -2.26. The van der Waals surface area contributed by atoms with Crippen molar-refractivity contribution in [2.75, 3.05) is 4.90 Å². The number of aryl methyl sites for hydroxylation is 1. The lowest BCUT2D eigenvalue weighted by Crippen LogP contribution is -2.37. The highest BCUT2D eigenvalue weighted by Crippen LogP contribution is 2.49. The number of rotatable bonds is 2.